The molecule has 0 radical (unpaired) electrons. The van der Waals surface area contributed by atoms with Crippen molar-refractivity contribution >= 4 is 5.97 Å². The second-order valence-electron chi connectivity index (χ2n) is 5.56. The van der Waals surface area contributed by atoms with Gasteiger partial charge in [0.05, 0.1) is 18.6 Å². The van der Waals surface area contributed by atoms with E-state index in [2.05, 4.69) is 6.92 Å². The Balaban J connectivity index is 1.57. The molecule has 3 nitrogen and oxygen atoms in total. The summed E-state index contributed by atoms with van der Waals surface area (Å²) in [5, 5.41) is 0. The van der Waals surface area contributed by atoms with Crippen molar-refractivity contribution in [1.29, 1.82) is 0 Å². The Morgan fingerprint density at radius 2 is 2.11 bits per heavy atom. The molecule has 0 aromatic heterocycles. The molecule has 0 amide bonds. The number of benzene rings is 1. The predicted molar refractivity (Wildman–Crippen MR) is 72.0 cm³/mol. The number of carbonyl (C=O) groups excluding carboxylic acids is 1. The number of hydrogen-bond donors (Lipinski definition) is 0. The fourth-order valence-electron chi connectivity index (χ4n) is 2.92. The lowest BCUT2D eigenvalue weighted by Gasteiger charge is -2.42. The molecule has 1 saturated heterocycles. The Kier molecular flexibility index (Phi) is 3.56. The van der Waals surface area contributed by atoms with Crippen molar-refractivity contribution in [2.24, 2.45) is 11.8 Å². The minimum absolute atomic E-state index is 0.00685. The molecule has 2 aliphatic rings. The lowest BCUT2D eigenvalue weighted by molar-refractivity contribution is -0.162. The summed E-state index contributed by atoms with van der Waals surface area (Å²) < 4.78 is 11.0. The molecule has 2 fully saturated rings. The second kappa shape index (κ2) is 5.33. The van der Waals surface area contributed by atoms with Crippen LogP contribution in [0.15, 0.2) is 24.3 Å². The summed E-state index contributed by atoms with van der Waals surface area (Å²) in [5.41, 5.74) is 1.25. The molecule has 0 spiro atoms. The molecule has 3 unspecified atom stereocenters. The van der Waals surface area contributed by atoms with Crippen LogP contribution >= 0.6 is 0 Å². The van der Waals surface area contributed by atoms with Crippen molar-refractivity contribution in [1.82, 2.24) is 0 Å². The maximum atomic E-state index is 12.1. The summed E-state index contributed by atoms with van der Waals surface area (Å²) >= 11 is 0. The molecule has 1 aliphatic carbocycles. The largest absolute Gasteiger partial charge is 0.426 e. The van der Waals surface area contributed by atoms with E-state index in [4.69, 9.17) is 9.47 Å². The quantitative estimate of drug-likeness (QED) is 0.619. The van der Waals surface area contributed by atoms with Gasteiger partial charge in [0, 0.05) is 5.92 Å². The Morgan fingerprint density at radius 1 is 1.32 bits per heavy atom. The topological polar surface area (TPSA) is 35.5 Å². The molecule has 0 N–H and O–H groups in total. The molecule has 102 valence electrons. The second-order valence-corrected chi connectivity index (χ2v) is 5.56. The van der Waals surface area contributed by atoms with Gasteiger partial charge in [0.25, 0.3) is 0 Å². The number of esters is 1. The Morgan fingerprint density at radius 3 is 2.68 bits per heavy atom. The van der Waals surface area contributed by atoms with Crippen LogP contribution in [0.2, 0.25) is 0 Å². The molecule has 1 aliphatic heterocycles. The zero-order valence-corrected chi connectivity index (χ0v) is 11.3. The minimum Gasteiger partial charge on any atom is -0.426 e. The van der Waals surface area contributed by atoms with E-state index in [1.54, 1.807) is 0 Å². The Labute approximate surface area is 113 Å². The monoisotopic (exact) mass is 260 g/mol. The van der Waals surface area contributed by atoms with Gasteiger partial charge in [-0.2, -0.15) is 0 Å². The fourth-order valence-corrected chi connectivity index (χ4v) is 2.92. The zero-order chi connectivity index (χ0) is 13.2. The van der Waals surface area contributed by atoms with E-state index in [-0.39, 0.29) is 11.9 Å². The molecular formula is C16H20O3. The normalized spacial score (nSPS) is 29.2. The summed E-state index contributed by atoms with van der Waals surface area (Å²) in [6.45, 7) is 2.99. The molecule has 3 heteroatoms. The van der Waals surface area contributed by atoms with E-state index in [0.29, 0.717) is 17.8 Å². The van der Waals surface area contributed by atoms with E-state index in [0.717, 1.165) is 32.3 Å². The van der Waals surface area contributed by atoms with Crippen molar-refractivity contribution in [2.75, 3.05) is 6.61 Å². The highest BCUT2D eigenvalue weighted by atomic mass is 16.5. The van der Waals surface area contributed by atoms with Gasteiger partial charge in [-0.25, -0.2) is 0 Å². The van der Waals surface area contributed by atoms with E-state index in [9.17, 15) is 4.79 Å². The van der Waals surface area contributed by atoms with Crippen molar-refractivity contribution in [3.63, 3.8) is 0 Å². The average molecular weight is 260 g/mol. The third kappa shape index (κ3) is 2.66. The van der Waals surface area contributed by atoms with Crippen LogP contribution in [0.3, 0.4) is 0 Å². The Hall–Kier alpha value is -1.35. The lowest BCUT2D eigenvalue weighted by Crippen LogP contribution is -2.46. The third-order valence-electron chi connectivity index (χ3n) is 4.34. The summed E-state index contributed by atoms with van der Waals surface area (Å²) in [6.07, 6.45) is 4.16. The summed E-state index contributed by atoms with van der Waals surface area (Å²) in [5.74, 6) is 1.25. The third-order valence-corrected chi connectivity index (χ3v) is 4.34. The first-order valence-corrected chi connectivity index (χ1v) is 7.18. The lowest BCUT2D eigenvalue weighted by atomic mass is 9.77. The summed E-state index contributed by atoms with van der Waals surface area (Å²) in [7, 11) is 0. The molecule has 3 atom stereocenters. The number of ether oxygens (including phenoxy) is 2. The van der Waals surface area contributed by atoms with Gasteiger partial charge in [0.2, 0.25) is 0 Å². The highest BCUT2D eigenvalue weighted by Crippen LogP contribution is 2.38. The number of carbonyl (C=O) groups is 1. The molecule has 3 rings (SSSR count). The predicted octanol–water partition coefficient (Wildman–Crippen LogP) is 2.97. The summed E-state index contributed by atoms with van der Waals surface area (Å²) in [4.78, 5) is 12.1. The SMILES string of the molecule is CCc1ccc(OC(=O)C2CCC3COC3C2)cc1. The summed E-state index contributed by atoms with van der Waals surface area (Å²) in [6, 6.07) is 7.77. The first-order chi connectivity index (χ1) is 9.26. The standard InChI is InChI=1S/C16H20O3/c1-2-11-3-7-14(8-4-11)19-16(17)12-5-6-13-10-18-15(13)9-12/h3-4,7-8,12-13,15H,2,5-6,9-10H2,1H3. The molecule has 0 bridgehead atoms. The van der Waals surface area contributed by atoms with Gasteiger partial charge in [-0.1, -0.05) is 19.1 Å². The number of fused-ring (bicyclic) bond motifs is 1. The van der Waals surface area contributed by atoms with Crippen LogP contribution in [0.1, 0.15) is 31.7 Å². The molecule has 1 saturated carbocycles. The van der Waals surface area contributed by atoms with Gasteiger partial charge in [0.1, 0.15) is 5.75 Å². The molecule has 1 heterocycles. The van der Waals surface area contributed by atoms with Crippen LogP contribution < -0.4 is 4.74 Å². The van der Waals surface area contributed by atoms with Crippen molar-refractivity contribution in [3.05, 3.63) is 29.8 Å². The van der Waals surface area contributed by atoms with Gasteiger partial charge in [-0.15, -0.1) is 0 Å². The molecule has 1 aromatic carbocycles. The van der Waals surface area contributed by atoms with Gasteiger partial charge >= 0.3 is 5.97 Å². The smallest absolute Gasteiger partial charge is 0.314 e. The van der Waals surface area contributed by atoms with Crippen LogP contribution in [0.5, 0.6) is 5.75 Å². The Bertz CT molecular complexity index is 452. The van der Waals surface area contributed by atoms with Crippen molar-refractivity contribution in [3.8, 4) is 5.75 Å². The highest BCUT2D eigenvalue weighted by molar-refractivity contribution is 5.75. The number of hydrogen-bond acceptors (Lipinski definition) is 3. The van der Waals surface area contributed by atoms with Crippen LogP contribution in [0.25, 0.3) is 0 Å². The number of aryl methyl sites for hydroxylation is 1. The van der Waals surface area contributed by atoms with Gasteiger partial charge < -0.3 is 9.47 Å². The van der Waals surface area contributed by atoms with Crippen LogP contribution in [0, 0.1) is 11.8 Å². The van der Waals surface area contributed by atoms with Crippen LogP contribution in [-0.2, 0) is 16.0 Å². The average Bonchev–Trinajstić information content (AvgIpc) is 2.41. The van der Waals surface area contributed by atoms with Crippen LogP contribution in [-0.4, -0.2) is 18.7 Å². The van der Waals surface area contributed by atoms with Gasteiger partial charge in [-0.3, -0.25) is 4.79 Å². The fraction of sp³-hybridized carbons (Fsp3) is 0.562. The van der Waals surface area contributed by atoms with E-state index >= 15 is 0 Å². The van der Waals surface area contributed by atoms with E-state index < -0.39 is 0 Å². The first kappa shape index (κ1) is 12.7. The highest BCUT2D eigenvalue weighted by Gasteiger charge is 2.40. The van der Waals surface area contributed by atoms with Crippen molar-refractivity contribution < 1.29 is 14.3 Å². The molecular weight excluding hydrogens is 240 g/mol. The van der Waals surface area contributed by atoms with Crippen molar-refractivity contribution in [2.45, 2.75) is 38.7 Å². The number of rotatable bonds is 3. The van der Waals surface area contributed by atoms with Gasteiger partial charge in [0.15, 0.2) is 0 Å². The molecule has 1 aromatic rings. The maximum Gasteiger partial charge on any atom is 0.314 e. The maximum absolute atomic E-state index is 12.1. The minimum atomic E-state index is -0.0989. The molecule has 19 heavy (non-hydrogen) atoms. The first-order valence-electron chi connectivity index (χ1n) is 7.18. The zero-order valence-electron chi connectivity index (χ0n) is 11.3. The van der Waals surface area contributed by atoms with E-state index in [1.165, 1.54) is 5.56 Å². The van der Waals surface area contributed by atoms with E-state index in [1.807, 2.05) is 24.3 Å². The van der Waals surface area contributed by atoms with Gasteiger partial charge in [-0.05, 0) is 43.4 Å². The van der Waals surface area contributed by atoms with Crippen LogP contribution in [0.4, 0.5) is 0 Å².